The van der Waals surface area contributed by atoms with Crippen LogP contribution in [0.2, 0.25) is 0 Å². The molecule has 0 unspecified atom stereocenters. The van der Waals surface area contributed by atoms with Crippen LogP contribution in [0.4, 0.5) is 0 Å². The van der Waals surface area contributed by atoms with Crippen molar-refractivity contribution in [1.82, 2.24) is 4.98 Å². The maximum absolute atomic E-state index is 4.40. The quantitative estimate of drug-likeness (QED) is 0.754. The summed E-state index contributed by atoms with van der Waals surface area (Å²) in [6.45, 7) is 6.51. The van der Waals surface area contributed by atoms with Crippen molar-refractivity contribution in [2.24, 2.45) is 0 Å². The molecule has 1 heterocycles. The highest BCUT2D eigenvalue weighted by molar-refractivity contribution is 9.10. The molecule has 1 aromatic rings. The van der Waals surface area contributed by atoms with E-state index in [1.807, 2.05) is 6.20 Å². The molecule has 0 aliphatic carbocycles. The van der Waals surface area contributed by atoms with Gasteiger partial charge in [-0.1, -0.05) is 20.8 Å². The molecular formula is C10H14BrN. The van der Waals surface area contributed by atoms with Crippen LogP contribution in [0.1, 0.15) is 37.9 Å². The summed E-state index contributed by atoms with van der Waals surface area (Å²) in [6, 6.07) is 2.16. The summed E-state index contributed by atoms with van der Waals surface area (Å²) >= 11 is 3.42. The fourth-order valence-corrected chi connectivity index (χ4v) is 1.67. The molecule has 0 aliphatic heterocycles. The summed E-state index contributed by atoms with van der Waals surface area (Å²) in [5, 5.41) is 0. The Morgan fingerprint density at radius 2 is 2.17 bits per heavy atom. The Kier molecular flexibility index (Phi) is 3.27. The van der Waals surface area contributed by atoms with Gasteiger partial charge in [-0.05, 0) is 39.9 Å². The summed E-state index contributed by atoms with van der Waals surface area (Å²) in [6.07, 6.45) is 2.93. The van der Waals surface area contributed by atoms with Gasteiger partial charge in [-0.25, -0.2) is 0 Å². The molecule has 0 aliphatic rings. The van der Waals surface area contributed by atoms with Crippen molar-refractivity contribution < 1.29 is 0 Å². The van der Waals surface area contributed by atoms with Gasteiger partial charge in [-0.2, -0.15) is 0 Å². The Hall–Kier alpha value is -0.370. The lowest BCUT2D eigenvalue weighted by Gasteiger charge is -2.09. The first kappa shape index (κ1) is 9.72. The molecule has 0 fully saturated rings. The second-order valence-electron chi connectivity index (χ2n) is 3.21. The van der Waals surface area contributed by atoms with Crippen molar-refractivity contribution in [2.75, 3.05) is 0 Å². The molecule has 2 heteroatoms. The number of aryl methyl sites for hydroxylation is 1. The zero-order valence-corrected chi connectivity index (χ0v) is 9.35. The van der Waals surface area contributed by atoms with Crippen LogP contribution in [-0.2, 0) is 6.42 Å². The van der Waals surface area contributed by atoms with Gasteiger partial charge in [0.25, 0.3) is 0 Å². The predicted molar refractivity (Wildman–Crippen MR) is 55.4 cm³/mol. The van der Waals surface area contributed by atoms with Gasteiger partial charge in [0.05, 0.1) is 0 Å². The topological polar surface area (TPSA) is 12.9 Å². The summed E-state index contributed by atoms with van der Waals surface area (Å²) < 4.78 is 1.07. The van der Waals surface area contributed by atoms with Gasteiger partial charge >= 0.3 is 0 Å². The summed E-state index contributed by atoms with van der Waals surface area (Å²) in [4.78, 5) is 4.40. The maximum Gasteiger partial charge on any atom is 0.0461 e. The van der Waals surface area contributed by atoms with E-state index in [0.29, 0.717) is 5.92 Å². The van der Waals surface area contributed by atoms with Crippen LogP contribution in [0.5, 0.6) is 0 Å². The van der Waals surface area contributed by atoms with Gasteiger partial charge in [0.2, 0.25) is 0 Å². The molecule has 0 spiro atoms. The van der Waals surface area contributed by atoms with Crippen LogP contribution in [0.3, 0.4) is 0 Å². The van der Waals surface area contributed by atoms with Gasteiger partial charge in [0.1, 0.15) is 0 Å². The zero-order valence-electron chi connectivity index (χ0n) is 7.76. The van der Waals surface area contributed by atoms with E-state index in [2.05, 4.69) is 47.8 Å². The van der Waals surface area contributed by atoms with Crippen molar-refractivity contribution in [2.45, 2.75) is 33.1 Å². The highest BCUT2D eigenvalue weighted by Gasteiger charge is 2.06. The average molecular weight is 228 g/mol. The average Bonchev–Trinajstić information content (AvgIpc) is 2.03. The molecule has 0 saturated carbocycles. The number of halogens is 1. The molecule has 0 radical (unpaired) electrons. The molecule has 66 valence electrons. The number of aromatic nitrogens is 1. The molecule has 0 amide bonds. The van der Waals surface area contributed by atoms with E-state index in [4.69, 9.17) is 0 Å². The SMILES string of the molecule is CCc1cc(Br)cnc1C(C)C. The standard InChI is InChI=1S/C10H14BrN/c1-4-8-5-9(11)6-12-10(8)7(2)3/h5-7H,4H2,1-3H3. The lowest BCUT2D eigenvalue weighted by Crippen LogP contribution is -1.98. The predicted octanol–water partition coefficient (Wildman–Crippen LogP) is 3.53. The molecule has 1 aromatic heterocycles. The molecule has 1 nitrogen and oxygen atoms in total. The Morgan fingerprint density at radius 3 is 2.67 bits per heavy atom. The second-order valence-corrected chi connectivity index (χ2v) is 4.12. The van der Waals surface area contributed by atoms with Crippen molar-refractivity contribution >= 4 is 15.9 Å². The summed E-state index contributed by atoms with van der Waals surface area (Å²) in [5.74, 6) is 0.521. The molecule has 0 N–H and O–H groups in total. The van der Waals surface area contributed by atoms with E-state index in [-0.39, 0.29) is 0 Å². The number of nitrogens with zero attached hydrogens (tertiary/aromatic N) is 1. The zero-order chi connectivity index (χ0) is 9.14. The largest absolute Gasteiger partial charge is 0.260 e. The van der Waals surface area contributed by atoms with Gasteiger partial charge in [-0.15, -0.1) is 0 Å². The maximum atomic E-state index is 4.40. The number of pyridine rings is 1. The fraction of sp³-hybridized carbons (Fsp3) is 0.500. The van der Waals surface area contributed by atoms with E-state index in [0.717, 1.165) is 10.9 Å². The lowest BCUT2D eigenvalue weighted by atomic mass is 10.0. The van der Waals surface area contributed by atoms with Crippen LogP contribution in [-0.4, -0.2) is 4.98 Å². The minimum absolute atomic E-state index is 0.521. The van der Waals surface area contributed by atoms with E-state index < -0.39 is 0 Å². The van der Waals surface area contributed by atoms with Crippen LogP contribution < -0.4 is 0 Å². The molecule has 0 atom stereocenters. The van der Waals surface area contributed by atoms with Crippen molar-refractivity contribution in [3.63, 3.8) is 0 Å². The number of hydrogen-bond donors (Lipinski definition) is 0. The fourth-order valence-electron chi connectivity index (χ4n) is 1.29. The van der Waals surface area contributed by atoms with E-state index >= 15 is 0 Å². The third-order valence-corrected chi connectivity index (χ3v) is 2.33. The number of hydrogen-bond acceptors (Lipinski definition) is 1. The summed E-state index contributed by atoms with van der Waals surface area (Å²) in [7, 11) is 0. The minimum atomic E-state index is 0.521. The Morgan fingerprint density at radius 1 is 1.50 bits per heavy atom. The van der Waals surface area contributed by atoms with E-state index in [9.17, 15) is 0 Å². The van der Waals surface area contributed by atoms with Crippen LogP contribution in [0.15, 0.2) is 16.7 Å². The molecule has 1 rings (SSSR count). The highest BCUT2D eigenvalue weighted by atomic mass is 79.9. The molecular weight excluding hydrogens is 214 g/mol. The normalized spacial score (nSPS) is 10.8. The summed E-state index contributed by atoms with van der Waals surface area (Å²) in [5.41, 5.74) is 2.57. The minimum Gasteiger partial charge on any atom is -0.260 e. The van der Waals surface area contributed by atoms with Gasteiger partial charge in [0, 0.05) is 16.4 Å². The van der Waals surface area contributed by atoms with Crippen molar-refractivity contribution in [3.8, 4) is 0 Å². The second kappa shape index (κ2) is 4.04. The molecule has 0 saturated heterocycles. The van der Waals surface area contributed by atoms with Crippen molar-refractivity contribution in [1.29, 1.82) is 0 Å². The first-order valence-electron chi connectivity index (χ1n) is 4.29. The smallest absolute Gasteiger partial charge is 0.0461 e. The van der Waals surface area contributed by atoms with Crippen LogP contribution >= 0.6 is 15.9 Å². The van der Waals surface area contributed by atoms with E-state index in [1.165, 1.54) is 11.3 Å². The molecule has 0 bridgehead atoms. The van der Waals surface area contributed by atoms with Gasteiger partial charge in [0.15, 0.2) is 0 Å². The highest BCUT2D eigenvalue weighted by Crippen LogP contribution is 2.20. The van der Waals surface area contributed by atoms with Crippen molar-refractivity contribution in [3.05, 3.63) is 28.0 Å². The third kappa shape index (κ3) is 2.07. The van der Waals surface area contributed by atoms with Gasteiger partial charge < -0.3 is 0 Å². The molecule has 0 aromatic carbocycles. The first-order chi connectivity index (χ1) is 5.65. The number of rotatable bonds is 2. The Balaban J connectivity index is 3.11. The van der Waals surface area contributed by atoms with Crippen LogP contribution in [0, 0.1) is 0 Å². The van der Waals surface area contributed by atoms with Crippen LogP contribution in [0.25, 0.3) is 0 Å². The molecule has 12 heavy (non-hydrogen) atoms. The van der Waals surface area contributed by atoms with E-state index in [1.54, 1.807) is 0 Å². The van der Waals surface area contributed by atoms with Gasteiger partial charge in [-0.3, -0.25) is 4.98 Å². The Labute approximate surface area is 82.3 Å². The lowest BCUT2D eigenvalue weighted by molar-refractivity contribution is 0.798. The Bertz CT molecular complexity index is 269. The third-order valence-electron chi connectivity index (χ3n) is 1.90. The monoisotopic (exact) mass is 227 g/mol. The first-order valence-corrected chi connectivity index (χ1v) is 5.08.